The van der Waals surface area contributed by atoms with Gasteiger partial charge in [0.1, 0.15) is 0 Å². The van der Waals surface area contributed by atoms with Crippen LogP contribution in [0.5, 0.6) is 0 Å². The van der Waals surface area contributed by atoms with E-state index >= 15 is 0 Å². The second-order valence-corrected chi connectivity index (χ2v) is 4.91. The van der Waals surface area contributed by atoms with Crippen LogP contribution in [-0.2, 0) is 6.42 Å². The van der Waals surface area contributed by atoms with Crippen molar-refractivity contribution in [2.75, 3.05) is 5.33 Å². The molecule has 0 saturated carbocycles. The topological polar surface area (TPSA) is 0 Å². The van der Waals surface area contributed by atoms with E-state index in [1.165, 1.54) is 5.56 Å². The Morgan fingerprint density at radius 3 is 2.91 bits per heavy atom. The molecule has 62 valence electrons. The molecule has 0 aliphatic carbocycles. The molecule has 0 spiro atoms. The summed E-state index contributed by atoms with van der Waals surface area (Å²) >= 11 is 10.9. The highest BCUT2D eigenvalue weighted by Crippen LogP contribution is 2.22. The summed E-state index contributed by atoms with van der Waals surface area (Å²) in [5.41, 5.74) is 1.35. The predicted molar refractivity (Wildman–Crippen MR) is 56.0 cm³/mol. The quantitative estimate of drug-likeness (QED) is 0.715. The van der Waals surface area contributed by atoms with Crippen LogP contribution in [0.3, 0.4) is 0 Å². The van der Waals surface area contributed by atoms with E-state index < -0.39 is 0 Å². The normalized spacial score (nSPS) is 13.4. The van der Waals surface area contributed by atoms with Crippen molar-refractivity contribution < 1.29 is 0 Å². The van der Waals surface area contributed by atoms with Crippen LogP contribution in [0, 0.1) is 5.92 Å². The van der Waals surface area contributed by atoms with Gasteiger partial charge >= 0.3 is 0 Å². The Hall–Kier alpha value is 0.470. The van der Waals surface area contributed by atoms with Gasteiger partial charge in [0, 0.05) is 5.33 Å². The van der Waals surface area contributed by atoms with E-state index in [0.29, 0.717) is 5.92 Å². The minimum atomic E-state index is 0.695. The molecular formula is C8H10BrClS. The Labute approximate surface area is 84.7 Å². The third-order valence-electron chi connectivity index (χ3n) is 1.47. The van der Waals surface area contributed by atoms with Gasteiger partial charge in [0.2, 0.25) is 0 Å². The Bertz CT molecular complexity index is 222. The molecule has 0 nitrogen and oxygen atoms in total. The van der Waals surface area contributed by atoms with Crippen molar-refractivity contribution in [3.05, 3.63) is 21.3 Å². The van der Waals surface area contributed by atoms with E-state index in [1.54, 1.807) is 11.3 Å². The fourth-order valence-corrected chi connectivity index (χ4v) is 2.06. The average molecular weight is 254 g/mol. The number of hydrogen-bond acceptors (Lipinski definition) is 1. The van der Waals surface area contributed by atoms with E-state index in [0.717, 1.165) is 16.1 Å². The van der Waals surface area contributed by atoms with E-state index in [-0.39, 0.29) is 0 Å². The number of alkyl halides is 1. The van der Waals surface area contributed by atoms with Gasteiger partial charge in [-0.15, -0.1) is 11.3 Å². The van der Waals surface area contributed by atoms with Crippen LogP contribution in [0.15, 0.2) is 11.4 Å². The van der Waals surface area contributed by atoms with Crippen LogP contribution in [0.4, 0.5) is 0 Å². The zero-order valence-electron chi connectivity index (χ0n) is 6.31. The Kier molecular flexibility index (Phi) is 3.90. The highest BCUT2D eigenvalue weighted by atomic mass is 79.9. The standard InChI is InChI=1S/C8H10BrClS/c1-6(4-9)2-7-3-8(10)11-5-7/h3,5-6H,2,4H2,1H3. The van der Waals surface area contributed by atoms with Crippen molar-refractivity contribution in [1.82, 2.24) is 0 Å². The average Bonchev–Trinajstić information content (AvgIpc) is 2.35. The molecule has 1 aromatic heterocycles. The van der Waals surface area contributed by atoms with Gasteiger partial charge in [0.05, 0.1) is 4.34 Å². The first-order valence-corrected chi connectivity index (χ1v) is 5.89. The van der Waals surface area contributed by atoms with Crippen molar-refractivity contribution in [1.29, 1.82) is 0 Å². The fraction of sp³-hybridized carbons (Fsp3) is 0.500. The fourth-order valence-electron chi connectivity index (χ4n) is 0.910. The predicted octanol–water partition coefficient (Wildman–Crippen LogP) is 3.98. The molecule has 0 bridgehead atoms. The molecule has 0 amide bonds. The molecule has 1 rings (SSSR count). The van der Waals surface area contributed by atoms with Gasteiger partial charge in [-0.1, -0.05) is 34.5 Å². The number of hydrogen-bond donors (Lipinski definition) is 0. The van der Waals surface area contributed by atoms with E-state index in [2.05, 4.69) is 28.2 Å². The number of thiophene rings is 1. The van der Waals surface area contributed by atoms with Gasteiger partial charge in [-0.05, 0) is 29.3 Å². The maximum absolute atomic E-state index is 5.79. The molecule has 0 N–H and O–H groups in total. The highest BCUT2D eigenvalue weighted by molar-refractivity contribution is 9.09. The maximum Gasteiger partial charge on any atom is 0.0931 e. The largest absolute Gasteiger partial charge is 0.132 e. The molecule has 11 heavy (non-hydrogen) atoms. The minimum absolute atomic E-state index is 0.695. The summed E-state index contributed by atoms with van der Waals surface area (Å²) in [5, 5.41) is 3.18. The SMILES string of the molecule is CC(CBr)Cc1csc(Cl)c1. The molecule has 0 fully saturated rings. The maximum atomic E-state index is 5.79. The van der Waals surface area contributed by atoms with Gasteiger partial charge in [0.15, 0.2) is 0 Å². The second kappa shape index (κ2) is 4.48. The third kappa shape index (κ3) is 3.14. The van der Waals surface area contributed by atoms with Crippen LogP contribution >= 0.6 is 38.9 Å². The van der Waals surface area contributed by atoms with Gasteiger partial charge in [0.25, 0.3) is 0 Å². The van der Waals surface area contributed by atoms with Crippen molar-refractivity contribution in [2.24, 2.45) is 5.92 Å². The van der Waals surface area contributed by atoms with E-state index in [1.807, 2.05) is 6.07 Å². The first-order valence-electron chi connectivity index (χ1n) is 3.51. The molecule has 3 heteroatoms. The summed E-state index contributed by atoms with van der Waals surface area (Å²) in [7, 11) is 0. The molecule has 0 radical (unpaired) electrons. The van der Waals surface area contributed by atoms with Crippen molar-refractivity contribution in [2.45, 2.75) is 13.3 Å². The molecule has 1 unspecified atom stereocenters. The summed E-state index contributed by atoms with van der Waals surface area (Å²) < 4.78 is 0.891. The molecule has 0 aromatic carbocycles. The van der Waals surface area contributed by atoms with Gasteiger partial charge in [-0.3, -0.25) is 0 Å². The smallest absolute Gasteiger partial charge is 0.0931 e. The molecule has 1 aromatic rings. The van der Waals surface area contributed by atoms with Crippen LogP contribution in [-0.4, -0.2) is 5.33 Å². The summed E-state index contributed by atoms with van der Waals surface area (Å²) in [6, 6.07) is 2.05. The lowest BCUT2D eigenvalue weighted by Gasteiger charge is -2.03. The molecule has 1 atom stereocenters. The summed E-state index contributed by atoms with van der Waals surface area (Å²) in [5.74, 6) is 0.695. The zero-order chi connectivity index (χ0) is 8.27. The van der Waals surface area contributed by atoms with Gasteiger partial charge in [-0.25, -0.2) is 0 Å². The Balaban J connectivity index is 2.50. The molecule has 0 aliphatic heterocycles. The van der Waals surface area contributed by atoms with Crippen LogP contribution in [0.1, 0.15) is 12.5 Å². The summed E-state index contributed by atoms with van der Waals surface area (Å²) in [4.78, 5) is 0. The minimum Gasteiger partial charge on any atom is -0.132 e. The summed E-state index contributed by atoms with van der Waals surface area (Å²) in [6.07, 6.45) is 1.12. The molecular weight excluding hydrogens is 244 g/mol. The van der Waals surface area contributed by atoms with E-state index in [4.69, 9.17) is 11.6 Å². The molecule has 0 aliphatic rings. The van der Waals surface area contributed by atoms with E-state index in [9.17, 15) is 0 Å². The Morgan fingerprint density at radius 2 is 2.45 bits per heavy atom. The van der Waals surface area contributed by atoms with Crippen LogP contribution in [0.2, 0.25) is 4.34 Å². The first kappa shape index (κ1) is 9.56. The lowest BCUT2D eigenvalue weighted by Crippen LogP contribution is -1.98. The Morgan fingerprint density at radius 1 is 1.73 bits per heavy atom. The lowest BCUT2D eigenvalue weighted by molar-refractivity contribution is 0.665. The van der Waals surface area contributed by atoms with Crippen molar-refractivity contribution in [3.8, 4) is 0 Å². The number of halogens is 2. The molecule has 0 saturated heterocycles. The zero-order valence-corrected chi connectivity index (χ0v) is 9.47. The van der Waals surface area contributed by atoms with Gasteiger partial charge in [-0.2, -0.15) is 0 Å². The monoisotopic (exact) mass is 252 g/mol. The van der Waals surface area contributed by atoms with Crippen molar-refractivity contribution in [3.63, 3.8) is 0 Å². The third-order valence-corrected chi connectivity index (χ3v) is 3.71. The summed E-state index contributed by atoms with van der Waals surface area (Å²) in [6.45, 7) is 2.22. The van der Waals surface area contributed by atoms with Crippen LogP contribution < -0.4 is 0 Å². The van der Waals surface area contributed by atoms with Crippen molar-refractivity contribution >= 4 is 38.9 Å². The lowest BCUT2D eigenvalue weighted by atomic mass is 10.1. The molecule has 1 heterocycles. The second-order valence-electron chi connectivity index (χ2n) is 2.72. The number of rotatable bonds is 3. The highest BCUT2D eigenvalue weighted by Gasteiger charge is 2.03. The van der Waals surface area contributed by atoms with Crippen LogP contribution in [0.25, 0.3) is 0 Å². The van der Waals surface area contributed by atoms with Gasteiger partial charge < -0.3 is 0 Å². The first-order chi connectivity index (χ1) is 5.22.